The van der Waals surface area contributed by atoms with Gasteiger partial charge >= 0.3 is 0 Å². The zero-order valence-corrected chi connectivity index (χ0v) is 25.1. The Hall–Kier alpha value is -1.13. The van der Waals surface area contributed by atoms with Gasteiger partial charge in [-0.3, -0.25) is 4.79 Å². The Morgan fingerprint density at radius 1 is 1.16 bits per heavy atom. The summed E-state index contributed by atoms with van der Waals surface area (Å²) in [7, 11) is 0.990. The Balaban J connectivity index is 1.90. The van der Waals surface area contributed by atoms with Gasteiger partial charge in [0.15, 0.2) is 14.1 Å². The maximum absolute atomic E-state index is 13.1. The molecule has 0 aromatic carbocycles. The highest BCUT2D eigenvalue weighted by Gasteiger charge is 2.69. The van der Waals surface area contributed by atoms with Crippen LogP contribution >= 0.6 is 0 Å². The molecule has 1 spiro atoms. The molecule has 0 unspecified atom stereocenters. The lowest BCUT2D eigenvalue weighted by atomic mass is 9.64. The van der Waals surface area contributed by atoms with E-state index in [-0.39, 0.29) is 42.9 Å². The van der Waals surface area contributed by atoms with Gasteiger partial charge in [0.25, 0.3) is 0 Å². The third kappa shape index (κ3) is 4.01. The number of aliphatic hydroxyl groups excluding tert-OH is 1. The Morgan fingerprint density at radius 2 is 1.81 bits per heavy atom. The third-order valence-corrected chi connectivity index (χ3v) is 14.5. The number of carbonyl (C=O) groups is 1. The number of allylic oxidation sites excluding steroid dienone is 1. The summed E-state index contributed by atoms with van der Waals surface area (Å²) in [6.45, 7) is 20.1. The Bertz CT molecular complexity index is 1010. The van der Waals surface area contributed by atoms with E-state index in [4.69, 9.17) is 23.4 Å². The average molecular weight is 535 g/mol. The van der Waals surface area contributed by atoms with Crippen LogP contribution in [0.2, 0.25) is 18.1 Å². The number of rotatable bonds is 8. The molecule has 2 saturated carbocycles. The van der Waals surface area contributed by atoms with Gasteiger partial charge in [-0.05, 0) is 60.7 Å². The van der Waals surface area contributed by atoms with E-state index < -0.39 is 37.0 Å². The number of fused-ring (bicyclic) bond motifs is 2. The molecular weight excluding hydrogens is 488 g/mol. The number of ether oxygens (including phenoxy) is 4. The second-order valence-corrected chi connectivity index (χ2v) is 18.0. The standard InChI is InChI=1S/C29H46O7Si/c1-18-21-15-24(36-37(9,10)26(2,3)4)27(5,6)29(21,35-17-33-8)23(31)14-19-13-22(30)20-11-12-28(18,19)25(20)34-16-32-7/h13,15,20,23-25,31H,1,11-12,14,16-17H2,2-10H3/t20-,23+,24-,25+,28-,29-/m0/s1. The molecule has 37 heavy (non-hydrogen) atoms. The molecule has 0 aromatic rings. The van der Waals surface area contributed by atoms with Crippen molar-refractivity contribution < 1.29 is 33.3 Å². The summed E-state index contributed by atoms with van der Waals surface area (Å²) in [5, 5.41) is 12.1. The van der Waals surface area contributed by atoms with E-state index in [2.05, 4.69) is 60.4 Å². The van der Waals surface area contributed by atoms with Crippen molar-refractivity contribution in [3.8, 4) is 0 Å². The first-order valence-corrected chi connectivity index (χ1v) is 16.3. The van der Waals surface area contributed by atoms with Gasteiger partial charge < -0.3 is 28.5 Å². The van der Waals surface area contributed by atoms with Crippen LogP contribution in [-0.4, -0.2) is 70.9 Å². The van der Waals surface area contributed by atoms with Gasteiger partial charge in [0.1, 0.15) is 19.2 Å². The number of aliphatic hydroxyl groups is 1. The molecule has 0 radical (unpaired) electrons. The van der Waals surface area contributed by atoms with Crippen LogP contribution < -0.4 is 0 Å². The fraction of sp³-hybridized carbons (Fsp3) is 0.759. The molecule has 0 aliphatic heterocycles. The maximum atomic E-state index is 13.1. The summed E-state index contributed by atoms with van der Waals surface area (Å²) in [4.78, 5) is 13.1. The van der Waals surface area contributed by atoms with Crippen LogP contribution in [0.15, 0.2) is 35.5 Å². The number of hydrogen-bond donors (Lipinski definition) is 1. The van der Waals surface area contributed by atoms with Crippen LogP contribution in [0.3, 0.4) is 0 Å². The molecule has 4 aliphatic carbocycles. The molecule has 208 valence electrons. The lowest BCUT2D eigenvalue weighted by molar-refractivity contribution is -0.209. The van der Waals surface area contributed by atoms with Gasteiger partial charge in [0.2, 0.25) is 0 Å². The van der Waals surface area contributed by atoms with Crippen LogP contribution in [0.25, 0.3) is 0 Å². The van der Waals surface area contributed by atoms with E-state index in [1.54, 1.807) is 20.3 Å². The molecule has 0 saturated heterocycles. The molecule has 2 bridgehead atoms. The van der Waals surface area contributed by atoms with E-state index >= 15 is 0 Å². The minimum absolute atomic E-state index is 0.00906. The molecular formula is C29H46O7Si. The minimum Gasteiger partial charge on any atom is -0.410 e. The Kier molecular flexibility index (Phi) is 7.41. The van der Waals surface area contributed by atoms with Crippen molar-refractivity contribution in [2.75, 3.05) is 27.8 Å². The van der Waals surface area contributed by atoms with Crippen molar-refractivity contribution in [2.24, 2.45) is 16.7 Å². The largest absolute Gasteiger partial charge is 0.410 e. The van der Waals surface area contributed by atoms with Crippen LogP contribution in [0.1, 0.15) is 53.9 Å². The van der Waals surface area contributed by atoms with E-state index in [0.717, 1.165) is 23.1 Å². The first-order chi connectivity index (χ1) is 17.1. The smallest absolute Gasteiger partial charge is 0.192 e. The number of methoxy groups -OCH3 is 2. The second kappa shape index (κ2) is 9.50. The third-order valence-electron chi connectivity index (χ3n) is 10.1. The van der Waals surface area contributed by atoms with Crippen molar-refractivity contribution in [1.82, 2.24) is 0 Å². The van der Waals surface area contributed by atoms with Gasteiger partial charge in [0, 0.05) is 31.0 Å². The Labute approximate surface area is 223 Å². The summed E-state index contributed by atoms with van der Waals surface area (Å²) in [5.74, 6) is -0.204. The van der Waals surface area contributed by atoms with Crippen molar-refractivity contribution in [3.05, 3.63) is 35.5 Å². The van der Waals surface area contributed by atoms with E-state index in [0.29, 0.717) is 6.42 Å². The van der Waals surface area contributed by atoms with Crippen molar-refractivity contribution >= 4 is 14.1 Å². The molecule has 0 amide bonds. The highest BCUT2D eigenvalue weighted by molar-refractivity contribution is 6.74. The van der Waals surface area contributed by atoms with Gasteiger partial charge in [-0.1, -0.05) is 46.8 Å². The van der Waals surface area contributed by atoms with Crippen molar-refractivity contribution in [2.45, 2.75) is 95.9 Å². The molecule has 2 fully saturated rings. The van der Waals surface area contributed by atoms with Gasteiger partial charge in [-0.15, -0.1) is 0 Å². The van der Waals surface area contributed by atoms with Gasteiger partial charge in [-0.25, -0.2) is 0 Å². The van der Waals surface area contributed by atoms with Gasteiger partial charge in [-0.2, -0.15) is 0 Å². The molecule has 4 aliphatic rings. The SMILES string of the molecule is C=C1C2=C[C@H](O[Si](C)(C)C(C)(C)C)C(C)(C)[C@@]2(OCOC)[C@H](O)CC2=CC(=O)[C@@H]3CC[C@]12[C@@H]3OCOC. The quantitative estimate of drug-likeness (QED) is 0.350. The zero-order valence-electron chi connectivity index (χ0n) is 24.1. The number of ketones is 1. The summed E-state index contributed by atoms with van der Waals surface area (Å²) in [6, 6.07) is 0. The maximum Gasteiger partial charge on any atom is 0.192 e. The van der Waals surface area contributed by atoms with E-state index in [1.165, 1.54) is 0 Å². The average Bonchev–Trinajstić information content (AvgIpc) is 3.20. The monoisotopic (exact) mass is 534 g/mol. The highest BCUT2D eigenvalue weighted by atomic mass is 28.4. The molecule has 0 heterocycles. The predicted molar refractivity (Wildman–Crippen MR) is 144 cm³/mol. The molecule has 0 aromatic heterocycles. The van der Waals surface area contributed by atoms with E-state index in [1.807, 2.05) is 0 Å². The van der Waals surface area contributed by atoms with Crippen LogP contribution in [-0.2, 0) is 28.2 Å². The first-order valence-electron chi connectivity index (χ1n) is 13.4. The topological polar surface area (TPSA) is 83.5 Å². The second-order valence-electron chi connectivity index (χ2n) is 13.3. The first kappa shape index (κ1) is 28.9. The summed E-state index contributed by atoms with van der Waals surface area (Å²) < 4.78 is 30.5. The molecule has 8 heteroatoms. The van der Waals surface area contributed by atoms with Crippen LogP contribution in [0.5, 0.6) is 0 Å². The lowest BCUT2D eigenvalue weighted by Crippen LogP contribution is -2.59. The number of carbonyl (C=O) groups excluding carboxylic acids is 1. The normalized spacial score (nSPS) is 37.1. The molecule has 1 N–H and O–H groups in total. The summed E-state index contributed by atoms with van der Waals surface area (Å²) in [5.41, 5.74) is 0.177. The van der Waals surface area contributed by atoms with Crippen LogP contribution in [0.4, 0.5) is 0 Å². The lowest BCUT2D eigenvalue weighted by Gasteiger charge is -2.50. The predicted octanol–water partition coefficient (Wildman–Crippen LogP) is 4.92. The Morgan fingerprint density at radius 3 is 2.41 bits per heavy atom. The van der Waals surface area contributed by atoms with Crippen molar-refractivity contribution in [1.29, 1.82) is 0 Å². The summed E-state index contributed by atoms with van der Waals surface area (Å²) in [6.07, 6.45) is 3.94. The molecule has 4 rings (SSSR count). The minimum atomic E-state index is -2.18. The fourth-order valence-electron chi connectivity index (χ4n) is 6.98. The van der Waals surface area contributed by atoms with Crippen molar-refractivity contribution in [3.63, 3.8) is 0 Å². The highest BCUT2D eigenvalue weighted by Crippen LogP contribution is 2.66. The van der Waals surface area contributed by atoms with Crippen LogP contribution in [0, 0.1) is 16.7 Å². The van der Waals surface area contributed by atoms with Gasteiger partial charge in [0.05, 0.1) is 18.3 Å². The molecule has 7 nitrogen and oxygen atoms in total. The zero-order chi connectivity index (χ0) is 27.6. The summed E-state index contributed by atoms with van der Waals surface area (Å²) >= 11 is 0. The molecule has 6 atom stereocenters. The fourth-order valence-corrected chi connectivity index (χ4v) is 8.33. The van der Waals surface area contributed by atoms with E-state index in [9.17, 15) is 9.90 Å². The number of hydrogen-bond acceptors (Lipinski definition) is 7.